The van der Waals surface area contributed by atoms with Crippen LogP contribution in [-0.2, 0) is 20.1 Å². The summed E-state index contributed by atoms with van der Waals surface area (Å²) in [7, 11) is 0. The van der Waals surface area contributed by atoms with Gasteiger partial charge in [-0.2, -0.15) is 0 Å². The minimum absolute atomic E-state index is 0. The number of rotatable bonds is 2. The van der Waals surface area contributed by atoms with Crippen molar-refractivity contribution < 1.29 is 30.0 Å². The summed E-state index contributed by atoms with van der Waals surface area (Å²) in [6.07, 6.45) is 1.85. The molecule has 4 heteroatoms. The Hall–Kier alpha value is -2.81. The summed E-state index contributed by atoms with van der Waals surface area (Å²) in [6, 6.07) is 30.5. The minimum atomic E-state index is -0.935. The summed E-state index contributed by atoms with van der Waals surface area (Å²) in [5, 5.41) is 10.7. The summed E-state index contributed by atoms with van der Waals surface area (Å²) >= 11 is 0. The zero-order valence-electron chi connectivity index (χ0n) is 13.7. The Morgan fingerprint density at radius 2 is 1.54 bits per heavy atom. The van der Waals surface area contributed by atoms with Crippen molar-refractivity contribution in [2.75, 3.05) is 0 Å². The van der Waals surface area contributed by atoms with Gasteiger partial charge in [0.05, 0.1) is 0 Å². The number of nitrogens with zero attached hydrogens (tertiary/aromatic N) is 1. The number of aromatic carboxylic acids is 1. The first-order valence-electron chi connectivity index (χ1n) is 7.76. The van der Waals surface area contributed by atoms with Crippen molar-refractivity contribution in [3.63, 3.8) is 0 Å². The molecule has 0 unspecified atom stereocenters. The Kier molecular flexibility index (Phi) is 7.22. The number of carbonyl (C=O) groups is 1. The molecular weight excluding hydrogens is 502 g/mol. The number of pyridine rings is 1. The third-order valence-corrected chi connectivity index (χ3v) is 3.58. The molecule has 0 aliphatic carbocycles. The van der Waals surface area contributed by atoms with Crippen molar-refractivity contribution in [3.8, 4) is 11.3 Å². The standard InChI is InChI=1S/C15H10N.C7H5O2.Ir/c1-2-7-13(8-3-1)15-14-9-5-4-6-12(14)10-11-16-15;8-7(9)6-4-2-1-3-5-6;/h1-7,9-11H;1-4H,(H,8,9);/q2*-1;. The Morgan fingerprint density at radius 1 is 0.846 bits per heavy atom. The molecule has 4 rings (SSSR count). The van der Waals surface area contributed by atoms with E-state index in [0.717, 1.165) is 11.3 Å². The second-order valence-electron chi connectivity index (χ2n) is 5.24. The molecule has 0 spiro atoms. The summed E-state index contributed by atoms with van der Waals surface area (Å²) in [4.78, 5) is 14.6. The number of aromatic nitrogens is 1. The van der Waals surface area contributed by atoms with Gasteiger partial charge in [0.25, 0.3) is 0 Å². The fourth-order valence-corrected chi connectivity index (χ4v) is 2.40. The molecule has 26 heavy (non-hydrogen) atoms. The molecule has 3 aromatic carbocycles. The normalized spacial score (nSPS) is 9.54. The third-order valence-electron chi connectivity index (χ3n) is 3.58. The van der Waals surface area contributed by atoms with Gasteiger partial charge in [0.15, 0.2) is 0 Å². The van der Waals surface area contributed by atoms with Crippen LogP contribution < -0.4 is 0 Å². The van der Waals surface area contributed by atoms with E-state index in [1.165, 1.54) is 16.8 Å². The maximum atomic E-state index is 10.2. The first kappa shape index (κ1) is 19.5. The van der Waals surface area contributed by atoms with Crippen LogP contribution in [0.3, 0.4) is 0 Å². The van der Waals surface area contributed by atoms with Gasteiger partial charge in [-0.3, -0.25) is 0 Å². The van der Waals surface area contributed by atoms with Gasteiger partial charge < -0.3 is 14.9 Å². The van der Waals surface area contributed by atoms with Crippen molar-refractivity contribution in [3.05, 3.63) is 103 Å². The molecule has 4 aromatic rings. The largest absolute Gasteiger partial charge is 0.521 e. The number of hydrogen-bond acceptors (Lipinski definition) is 2. The molecule has 0 saturated heterocycles. The zero-order chi connectivity index (χ0) is 17.5. The molecule has 0 amide bonds. The van der Waals surface area contributed by atoms with Crippen LogP contribution in [0.25, 0.3) is 22.0 Å². The molecule has 3 nitrogen and oxygen atoms in total. The summed E-state index contributed by atoms with van der Waals surface area (Å²) in [5.41, 5.74) is 2.25. The van der Waals surface area contributed by atoms with E-state index < -0.39 is 5.97 Å². The monoisotopic (exact) mass is 518 g/mol. The van der Waals surface area contributed by atoms with Crippen LogP contribution in [0.5, 0.6) is 0 Å². The van der Waals surface area contributed by atoms with Crippen molar-refractivity contribution in [1.82, 2.24) is 4.98 Å². The summed E-state index contributed by atoms with van der Waals surface area (Å²) < 4.78 is 0. The predicted octanol–water partition coefficient (Wildman–Crippen LogP) is 4.88. The predicted molar refractivity (Wildman–Crippen MR) is 98.3 cm³/mol. The van der Waals surface area contributed by atoms with E-state index in [0.29, 0.717) is 0 Å². The van der Waals surface area contributed by atoms with Gasteiger partial charge in [0.2, 0.25) is 5.97 Å². The second-order valence-corrected chi connectivity index (χ2v) is 5.24. The molecule has 0 aliphatic rings. The van der Waals surface area contributed by atoms with E-state index in [9.17, 15) is 4.79 Å². The number of hydrogen-bond donors (Lipinski definition) is 1. The molecule has 0 bridgehead atoms. The molecular formula is C22H15IrNO2-2. The van der Waals surface area contributed by atoms with Gasteiger partial charge in [-0.25, -0.2) is 0 Å². The Balaban J connectivity index is 0.000000210. The third kappa shape index (κ3) is 4.85. The van der Waals surface area contributed by atoms with Gasteiger partial charge in [-0.15, -0.1) is 66.2 Å². The second kappa shape index (κ2) is 9.62. The number of fused-ring (bicyclic) bond motifs is 1. The van der Waals surface area contributed by atoms with Crippen molar-refractivity contribution in [2.24, 2.45) is 0 Å². The average molecular weight is 518 g/mol. The first-order valence-corrected chi connectivity index (χ1v) is 7.76. The fourth-order valence-electron chi connectivity index (χ4n) is 2.40. The quantitative estimate of drug-likeness (QED) is 0.386. The van der Waals surface area contributed by atoms with Gasteiger partial charge in [-0.1, -0.05) is 29.8 Å². The van der Waals surface area contributed by atoms with E-state index in [2.05, 4.69) is 29.2 Å². The van der Waals surface area contributed by atoms with E-state index in [-0.39, 0.29) is 25.7 Å². The molecule has 0 saturated carbocycles. The van der Waals surface area contributed by atoms with Crippen LogP contribution in [0.4, 0.5) is 0 Å². The smallest absolute Gasteiger partial charge is 0.247 e. The molecule has 1 N–H and O–H groups in total. The molecule has 0 aliphatic heterocycles. The van der Waals surface area contributed by atoms with Crippen LogP contribution >= 0.6 is 0 Å². The number of carboxylic acid groups (broad SMARTS) is 1. The summed E-state index contributed by atoms with van der Waals surface area (Å²) in [6.45, 7) is 0. The van der Waals surface area contributed by atoms with Gasteiger partial charge in [0, 0.05) is 26.3 Å². The Morgan fingerprint density at radius 3 is 2.15 bits per heavy atom. The molecule has 0 atom stereocenters. The van der Waals surface area contributed by atoms with Crippen LogP contribution in [0, 0.1) is 12.1 Å². The molecule has 1 aromatic heterocycles. The van der Waals surface area contributed by atoms with Gasteiger partial charge in [-0.05, 0) is 22.5 Å². The van der Waals surface area contributed by atoms with Crippen LogP contribution in [0.2, 0.25) is 0 Å². The number of benzene rings is 3. The minimum Gasteiger partial charge on any atom is -0.521 e. The molecule has 1 radical (unpaired) electrons. The first-order chi connectivity index (χ1) is 12.3. The maximum Gasteiger partial charge on any atom is 0.247 e. The van der Waals surface area contributed by atoms with Gasteiger partial charge >= 0.3 is 0 Å². The Labute approximate surface area is 165 Å². The topological polar surface area (TPSA) is 50.2 Å². The fraction of sp³-hybridized carbons (Fsp3) is 0. The summed E-state index contributed by atoms with van der Waals surface area (Å²) in [5.74, 6) is -0.935. The number of carboxylic acids is 1. The molecule has 131 valence electrons. The van der Waals surface area contributed by atoms with E-state index in [1.807, 2.05) is 48.7 Å². The maximum absolute atomic E-state index is 10.2. The van der Waals surface area contributed by atoms with Crippen LogP contribution in [0.1, 0.15) is 10.4 Å². The zero-order valence-corrected chi connectivity index (χ0v) is 16.1. The van der Waals surface area contributed by atoms with E-state index in [1.54, 1.807) is 18.2 Å². The SMILES string of the molecule is O=C(O)c1[c-]cccc1.[Ir].[c-]1ccccc1-c1nccc2ccccc12. The molecule has 1 heterocycles. The van der Waals surface area contributed by atoms with E-state index in [4.69, 9.17) is 5.11 Å². The van der Waals surface area contributed by atoms with Crippen molar-refractivity contribution in [1.29, 1.82) is 0 Å². The van der Waals surface area contributed by atoms with Gasteiger partial charge in [0.1, 0.15) is 0 Å². The average Bonchev–Trinajstić information content (AvgIpc) is 2.69. The molecule has 0 fully saturated rings. The van der Waals surface area contributed by atoms with E-state index >= 15 is 0 Å². The van der Waals surface area contributed by atoms with Crippen LogP contribution in [-0.4, -0.2) is 16.1 Å². The van der Waals surface area contributed by atoms with Crippen molar-refractivity contribution >= 4 is 16.7 Å². The van der Waals surface area contributed by atoms with Crippen LogP contribution in [0.15, 0.2) is 85.1 Å². The Bertz CT molecular complexity index is 967. The van der Waals surface area contributed by atoms with Crippen molar-refractivity contribution in [2.45, 2.75) is 0 Å².